The molecule has 2 aromatic heterocycles. The molecule has 3 heteroatoms. The summed E-state index contributed by atoms with van der Waals surface area (Å²) in [5.41, 5.74) is 13.6. The van der Waals surface area contributed by atoms with Gasteiger partial charge in [-0.15, -0.1) is 0 Å². The first-order valence-electron chi connectivity index (χ1n) is 15.5. The zero-order chi connectivity index (χ0) is 30.1. The fourth-order valence-corrected chi connectivity index (χ4v) is 7.21. The first kappa shape index (κ1) is 25.8. The molecule has 0 fully saturated rings. The van der Waals surface area contributed by atoms with Crippen molar-refractivity contribution >= 4 is 49.9 Å². The molecule has 3 nitrogen and oxygen atoms in total. The van der Waals surface area contributed by atoms with Gasteiger partial charge in [-0.2, -0.15) is 0 Å². The lowest BCUT2D eigenvalue weighted by atomic mass is 9.82. The lowest BCUT2D eigenvalue weighted by Gasteiger charge is -2.27. The van der Waals surface area contributed by atoms with E-state index in [0.717, 1.165) is 49.9 Å². The molecule has 0 spiro atoms. The number of para-hydroxylation sites is 1. The van der Waals surface area contributed by atoms with Crippen LogP contribution in [0.5, 0.6) is 0 Å². The van der Waals surface area contributed by atoms with E-state index in [-0.39, 0.29) is 5.41 Å². The molecule has 0 aliphatic heterocycles. The maximum atomic E-state index is 6.59. The van der Waals surface area contributed by atoms with Crippen LogP contribution in [0.2, 0.25) is 0 Å². The molecule has 1 aliphatic rings. The highest BCUT2D eigenvalue weighted by molar-refractivity contribution is 6.14. The number of hydrogen-bond donors (Lipinski definition) is 0. The number of anilines is 3. The Labute approximate surface area is 262 Å². The van der Waals surface area contributed by atoms with Crippen molar-refractivity contribution in [2.75, 3.05) is 4.90 Å². The summed E-state index contributed by atoms with van der Waals surface area (Å²) in [6.45, 7) is 4.65. The normalized spacial score (nSPS) is 13.3. The topological polar surface area (TPSA) is 29.3 Å². The van der Waals surface area contributed by atoms with Crippen LogP contribution in [0.15, 0.2) is 150 Å². The Morgan fingerprint density at radius 3 is 2.07 bits per heavy atom. The van der Waals surface area contributed by atoms with E-state index in [0.29, 0.717) is 0 Å². The summed E-state index contributed by atoms with van der Waals surface area (Å²) in [5.74, 6) is 0. The highest BCUT2D eigenvalue weighted by Crippen LogP contribution is 2.50. The van der Waals surface area contributed by atoms with E-state index in [1.165, 1.54) is 33.4 Å². The smallest absolute Gasteiger partial charge is 0.146 e. The summed E-state index contributed by atoms with van der Waals surface area (Å²) in [6.07, 6.45) is 1.93. The van der Waals surface area contributed by atoms with E-state index in [2.05, 4.69) is 140 Å². The molecule has 0 N–H and O–H groups in total. The van der Waals surface area contributed by atoms with Gasteiger partial charge in [-0.3, -0.25) is 4.98 Å². The molecule has 1 aliphatic carbocycles. The number of rotatable bonds is 4. The Hall–Kier alpha value is -5.67. The van der Waals surface area contributed by atoms with Crippen LogP contribution in [0.1, 0.15) is 25.0 Å². The quantitative estimate of drug-likeness (QED) is 0.208. The molecular weight excluding hydrogens is 548 g/mol. The van der Waals surface area contributed by atoms with Crippen molar-refractivity contribution in [1.82, 2.24) is 4.98 Å². The Kier molecular flexibility index (Phi) is 5.54. The second kappa shape index (κ2) is 9.67. The second-order valence-corrected chi connectivity index (χ2v) is 12.4. The summed E-state index contributed by atoms with van der Waals surface area (Å²) >= 11 is 0. The van der Waals surface area contributed by atoms with Crippen molar-refractivity contribution in [1.29, 1.82) is 0 Å². The van der Waals surface area contributed by atoms with Gasteiger partial charge in [-0.05, 0) is 81.9 Å². The standard InChI is InChI=1S/C42H30N2O/c1-42(2)37-14-8-6-12-32(37)35-24-30(21-23-38(35)42)44(29-18-16-28(17-19-29)27-10-4-3-5-11-27)31-20-22-33-36-26-43-39-15-9-7-13-34(39)41(36)45-40(33)25-31/h3-26H,1-2H3. The van der Waals surface area contributed by atoms with Gasteiger partial charge < -0.3 is 9.32 Å². The van der Waals surface area contributed by atoms with Gasteiger partial charge in [0.25, 0.3) is 0 Å². The molecule has 0 unspecified atom stereocenters. The van der Waals surface area contributed by atoms with Crippen LogP contribution in [0.25, 0.3) is 55.1 Å². The molecule has 6 aromatic carbocycles. The number of hydrogen-bond acceptors (Lipinski definition) is 3. The molecule has 45 heavy (non-hydrogen) atoms. The maximum absolute atomic E-state index is 6.59. The predicted molar refractivity (Wildman–Crippen MR) is 187 cm³/mol. The summed E-state index contributed by atoms with van der Waals surface area (Å²) in [5, 5.41) is 3.13. The fourth-order valence-electron chi connectivity index (χ4n) is 7.21. The number of nitrogens with zero attached hydrogens (tertiary/aromatic N) is 2. The number of fused-ring (bicyclic) bond motifs is 8. The molecule has 9 rings (SSSR count). The zero-order valence-corrected chi connectivity index (χ0v) is 25.2. The molecule has 0 amide bonds. The third kappa shape index (κ3) is 3.94. The largest absolute Gasteiger partial charge is 0.455 e. The van der Waals surface area contributed by atoms with Gasteiger partial charge in [-0.1, -0.05) is 98.8 Å². The van der Waals surface area contributed by atoms with E-state index >= 15 is 0 Å². The fraction of sp³-hybridized carbons (Fsp3) is 0.0714. The first-order valence-corrected chi connectivity index (χ1v) is 15.5. The van der Waals surface area contributed by atoms with Crippen molar-refractivity contribution in [3.8, 4) is 22.3 Å². The third-order valence-corrected chi connectivity index (χ3v) is 9.51. The monoisotopic (exact) mass is 578 g/mol. The van der Waals surface area contributed by atoms with E-state index in [1.807, 2.05) is 24.4 Å². The van der Waals surface area contributed by atoms with Gasteiger partial charge >= 0.3 is 0 Å². The minimum Gasteiger partial charge on any atom is -0.455 e. The van der Waals surface area contributed by atoms with E-state index in [1.54, 1.807) is 0 Å². The van der Waals surface area contributed by atoms with E-state index < -0.39 is 0 Å². The molecule has 0 saturated heterocycles. The van der Waals surface area contributed by atoms with Crippen molar-refractivity contribution < 1.29 is 4.42 Å². The maximum Gasteiger partial charge on any atom is 0.146 e. The van der Waals surface area contributed by atoms with Crippen molar-refractivity contribution in [2.24, 2.45) is 0 Å². The van der Waals surface area contributed by atoms with Crippen molar-refractivity contribution in [3.63, 3.8) is 0 Å². The molecule has 214 valence electrons. The molecule has 2 heterocycles. The summed E-state index contributed by atoms with van der Waals surface area (Å²) < 4.78 is 6.59. The van der Waals surface area contributed by atoms with Gasteiger partial charge in [0.1, 0.15) is 11.2 Å². The van der Waals surface area contributed by atoms with Crippen LogP contribution in [0, 0.1) is 0 Å². The highest BCUT2D eigenvalue weighted by atomic mass is 16.3. The minimum atomic E-state index is -0.0450. The molecule has 8 aromatic rings. The summed E-state index contributed by atoms with van der Waals surface area (Å²) in [4.78, 5) is 7.05. The van der Waals surface area contributed by atoms with Gasteiger partial charge in [-0.25, -0.2) is 0 Å². The Morgan fingerprint density at radius 1 is 0.533 bits per heavy atom. The van der Waals surface area contributed by atoms with Crippen LogP contribution in [-0.2, 0) is 5.41 Å². The van der Waals surface area contributed by atoms with Crippen molar-refractivity contribution in [2.45, 2.75) is 19.3 Å². The average molecular weight is 579 g/mol. The number of furan rings is 1. The van der Waals surface area contributed by atoms with Crippen molar-refractivity contribution in [3.05, 3.63) is 157 Å². The molecule has 0 bridgehead atoms. The number of benzene rings is 6. The first-order chi connectivity index (χ1) is 22.1. The molecule has 0 atom stereocenters. The van der Waals surface area contributed by atoms with Gasteiger partial charge in [0, 0.05) is 50.9 Å². The predicted octanol–water partition coefficient (Wildman–Crippen LogP) is 11.6. The van der Waals surface area contributed by atoms with E-state index in [4.69, 9.17) is 9.40 Å². The lowest BCUT2D eigenvalue weighted by Crippen LogP contribution is -2.15. The molecular formula is C42H30N2O. The molecule has 0 radical (unpaired) electrons. The van der Waals surface area contributed by atoms with E-state index in [9.17, 15) is 0 Å². The lowest BCUT2D eigenvalue weighted by molar-refractivity contribution is 0.660. The van der Waals surface area contributed by atoms with Crippen LogP contribution < -0.4 is 4.90 Å². The SMILES string of the molecule is CC1(C)c2ccccc2-c2cc(N(c3ccc(-c4ccccc4)cc3)c3ccc4c(c3)oc3c5ccccc5ncc43)ccc21. The Balaban J connectivity index is 1.23. The summed E-state index contributed by atoms with van der Waals surface area (Å²) in [6, 6.07) is 49.8. The summed E-state index contributed by atoms with van der Waals surface area (Å²) in [7, 11) is 0. The van der Waals surface area contributed by atoms with Crippen LogP contribution in [0.4, 0.5) is 17.1 Å². The second-order valence-electron chi connectivity index (χ2n) is 12.4. The third-order valence-electron chi connectivity index (χ3n) is 9.51. The van der Waals surface area contributed by atoms with Gasteiger partial charge in [0.2, 0.25) is 0 Å². The van der Waals surface area contributed by atoms with Crippen LogP contribution in [0.3, 0.4) is 0 Å². The van der Waals surface area contributed by atoms with Crippen LogP contribution >= 0.6 is 0 Å². The number of aromatic nitrogens is 1. The number of pyridine rings is 1. The Bertz CT molecular complexity index is 2400. The van der Waals surface area contributed by atoms with Crippen LogP contribution in [-0.4, -0.2) is 4.98 Å². The Morgan fingerprint density at radius 2 is 1.20 bits per heavy atom. The minimum absolute atomic E-state index is 0.0450. The zero-order valence-electron chi connectivity index (χ0n) is 25.2. The highest BCUT2D eigenvalue weighted by Gasteiger charge is 2.35. The molecule has 0 saturated carbocycles. The van der Waals surface area contributed by atoms with Gasteiger partial charge in [0.05, 0.1) is 5.52 Å². The average Bonchev–Trinajstić information content (AvgIpc) is 3.58. The van der Waals surface area contributed by atoms with Gasteiger partial charge in [0.15, 0.2) is 0 Å².